The van der Waals surface area contributed by atoms with Crippen molar-refractivity contribution in [2.45, 2.75) is 19.4 Å². The van der Waals surface area contributed by atoms with Crippen LogP contribution in [0.4, 0.5) is 0 Å². The highest BCUT2D eigenvalue weighted by Crippen LogP contribution is 2.28. The van der Waals surface area contributed by atoms with E-state index in [-0.39, 0.29) is 18.0 Å². The molecule has 0 saturated carbocycles. The Bertz CT molecular complexity index is 919. The van der Waals surface area contributed by atoms with Crippen molar-refractivity contribution in [1.29, 1.82) is 0 Å². The molecule has 7 nitrogen and oxygen atoms in total. The van der Waals surface area contributed by atoms with E-state index in [4.69, 9.17) is 4.74 Å². The molecule has 1 aliphatic rings. The highest BCUT2D eigenvalue weighted by atomic mass is 16.5. The standard InChI is InChI=1S/C18H19N5O2/c1-12-21-15-5-3-4-6-16(15)23(12)14-7-8-22(11-14)17(24)13-9-19-18(25-2)20-10-13/h3-6,9-10,14H,7-8,11H2,1-2H3/t14-/m1/s1. The van der Waals surface area contributed by atoms with Gasteiger partial charge in [-0.2, -0.15) is 0 Å². The maximum Gasteiger partial charge on any atom is 0.316 e. The van der Waals surface area contributed by atoms with Gasteiger partial charge in [0, 0.05) is 25.5 Å². The molecule has 1 aliphatic heterocycles. The molecule has 1 fully saturated rings. The molecule has 1 saturated heterocycles. The first-order chi connectivity index (χ1) is 12.2. The van der Waals surface area contributed by atoms with Gasteiger partial charge in [-0.25, -0.2) is 15.0 Å². The van der Waals surface area contributed by atoms with Gasteiger partial charge in [0.15, 0.2) is 0 Å². The molecule has 0 aliphatic carbocycles. The van der Waals surface area contributed by atoms with E-state index in [2.05, 4.69) is 25.6 Å². The maximum atomic E-state index is 12.7. The summed E-state index contributed by atoms with van der Waals surface area (Å²) in [5.41, 5.74) is 2.59. The smallest absolute Gasteiger partial charge is 0.316 e. The van der Waals surface area contributed by atoms with Gasteiger partial charge < -0.3 is 14.2 Å². The number of para-hydroxylation sites is 2. The molecular weight excluding hydrogens is 318 g/mol. The van der Waals surface area contributed by atoms with Crippen LogP contribution >= 0.6 is 0 Å². The first-order valence-electron chi connectivity index (χ1n) is 8.26. The minimum Gasteiger partial charge on any atom is -0.467 e. The predicted octanol–water partition coefficient (Wildman–Crippen LogP) is 2.23. The molecule has 7 heteroatoms. The zero-order valence-corrected chi connectivity index (χ0v) is 14.2. The summed E-state index contributed by atoms with van der Waals surface area (Å²) in [6, 6.07) is 8.61. The third-order valence-electron chi connectivity index (χ3n) is 4.65. The molecule has 25 heavy (non-hydrogen) atoms. The van der Waals surface area contributed by atoms with Gasteiger partial charge in [0.2, 0.25) is 0 Å². The average molecular weight is 337 g/mol. The zero-order valence-electron chi connectivity index (χ0n) is 14.2. The fraction of sp³-hybridized carbons (Fsp3) is 0.333. The quantitative estimate of drug-likeness (QED) is 0.733. The molecule has 0 N–H and O–H groups in total. The molecule has 0 bridgehead atoms. The lowest BCUT2D eigenvalue weighted by atomic mass is 10.2. The SMILES string of the molecule is COc1ncc(C(=O)N2CC[C@@H](n3c(C)nc4ccccc43)C2)cn1. The number of hydrogen-bond acceptors (Lipinski definition) is 5. The second-order valence-corrected chi connectivity index (χ2v) is 6.17. The van der Waals surface area contributed by atoms with Gasteiger partial charge >= 0.3 is 6.01 Å². The van der Waals surface area contributed by atoms with Crippen molar-refractivity contribution in [3.8, 4) is 6.01 Å². The summed E-state index contributed by atoms with van der Waals surface area (Å²) in [6.07, 6.45) is 3.93. The maximum absolute atomic E-state index is 12.7. The lowest BCUT2D eigenvalue weighted by Crippen LogP contribution is -2.29. The van der Waals surface area contributed by atoms with E-state index in [0.29, 0.717) is 18.7 Å². The van der Waals surface area contributed by atoms with Crippen molar-refractivity contribution in [2.75, 3.05) is 20.2 Å². The van der Waals surface area contributed by atoms with Crippen molar-refractivity contribution in [1.82, 2.24) is 24.4 Å². The number of imidazole rings is 1. The number of benzene rings is 1. The molecule has 2 aromatic heterocycles. The number of amides is 1. The summed E-state index contributed by atoms with van der Waals surface area (Å²) in [5.74, 6) is 0.931. The molecule has 4 rings (SSSR count). The number of ether oxygens (including phenoxy) is 1. The van der Waals surface area contributed by atoms with Gasteiger partial charge in [0.05, 0.1) is 29.7 Å². The largest absolute Gasteiger partial charge is 0.467 e. The second-order valence-electron chi connectivity index (χ2n) is 6.17. The summed E-state index contributed by atoms with van der Waals surface area (Å²) in [5, 5.41) is 0. The van der Waals surface area contributed by atoms with Gasteiger partial charge in [-0.1, -0.05) is 12.1 Å². The monoisotopic (exact) mass is 337 g/mol. The van der Waals surface area contributed by atoms with Gasteiger partial charge in [0.25, 0.3) is 5.91 Å². The van der Waals surface area contributed by atoms with Crippen LogP contribution in [0, 0.1) is 6.92 Å². The summed E-state index contributed by atoms with van der Waals surface area (Å²) in [4.78, 5) is 27.2. The highest BCUT2D eigenvalue weighted by Gasteiger charge is 2.30. The molecule has 0 unspecified atom stereocenters. The van der Waals surface area contributed by atoms with Crippen molar-refractivity contribution >= 4 is 16.9 Å². The predicted molar refractivity (Wildman–Crippen MR) is 92.6 cm³/mol. The van der Waals surface area contributed by atoms with Gasteiger partial charge in [-0.05, 0) is 25.5 Å². The van der Waals surface area contributed by atoms with Gasteiger partial charge in [0.1, 0.15) is 5.82 Å². The van der Waals surface area contributed by atoms with Crippen molar-refractivity contribution < 1.29 is 9.53 Å². The van der Waals surface area contributed by atoms with E-state index in [1.54, 1.807) is 0 Å². The minimum atomic E-state index is -0.0489. The molecule has 0 spiro atoms. The van der Waals surface area contributed by atoms with Crippen LogP contribution in [-0.2, 0) is 0 Å². The van der Waals surface area contributed by atoms with Gasteiger partial charge in [-0.3, -0.25) is 4.79 Å². The molecular formula is C18H19N5O2. The number of hydrogen-bond donors (Lipinski definition) is 0. The molecule has 0 radical (unpaired) electrons. The fourth-order valence-corrected chi connectivity index (χ4v) is 3.48. The fourth-order valence-electron chi connectivity index (χ4n) is 3.48. The Morgan fingerprint density at radius 2 is 2.00 bits per heavy atom. The molecule has 3 heterocycles. The Morgan fingerprint density at radius 1 is 1.24 bits per heavy atom. The Hall–Kier alpha value is -2.96. The summed E-state index contributed by atoms with van der Waals surface area (Å²) in [7, 11) is 1.50. The number of fused-ring (bicyclic) bond motifs is 1. The van der Waals surface area contributed by atoms with Crippen LogP contribution in [0.25, 0.3) is 11.0 Å². The summed E-state index contributed by atoms with van der Waals surface area (Å²) < 4.78 is 7.18. The average Bonchev–Trinajstić information content (AvgIpc) is 3.24. The van der Waals surface area contributed by atoms with E-state index >= 15 is 0 Å². The number of aromatic nitrogens is 4. The van der Waals surface area contributed by atoms with Gasteiger partial charge in [-0.15, -0.1) is 0 Å². The number of nitrogens with zero attached hydrogens (tertiary/aromatic N) is 5. The first kappa shape index (κ1) is 15.6. The number of carbonyl (C=O) groups excluding carboxylic acids is 1. The second kappa shape index (κ2) is 6.16. The van der Waals surface area contributed by atoms with E-state index in [1.165, 1.54) is 19.5 Å². The lowest BCUT2D eigenvalue weighted by Gasteiger charge is -2.18. The molecule has 3 aromatic rings. The topological polar surface area (TPSA) is 73.1 Å². The van der Waals surface area contributed by atoms with Crippen LogP contribution in [0.3, 0.4) is 0 Å². The number of carbonyl (C=O) groups is 1. The van der Waals surface area contributed by atoms with Crippen molar-refractivity contribution in [3.05, 3.63) is 48.0 Å². The Morgan fingerprint density at radius 3 is 2.76 bits per heavy atom. The van der Waals surface area contributed by atoms with Crippen LogP contribution in [0.1, 0.15) is 28.6 Å². The van der Waals surface area contributed by atoms with E-state index in [1.807, 2.05) is 30.0 Å². The normalized spacial score (nSPS) is 17.2. The van der Waals surface area contributed by atoms with Crippen LogP contribution < -0.4 is 4.74 Å². The Kier molecular flexibility index (Phi) is 3.83. The van der Waals surface area contributed by atoms with E-state index < -0.39 is 0 Å². The lowest BCUT2D eigenvalue weighted by molar-refractivity contribution is 0.0786. The van der Waals surface area contributed by atoms with Crippen LogP contribution in [0.15, 0.2) is 36.7 Å². The number of aryl methyl sites for hydroxylation is 1. The zero-order chi connectivity index (χ0) is 17.4. The Labute approximate surface area is 145 Å². The molecule has 1 aromatic carbocycles. The summed E-state index contributed by atoms with van der Waals surface area (Å²) in [6.45, 7) is 3.38. The van der Waals surface area contributed by atoms with Crippen LogP contribution in [0.5, 0.6) is 6.01 Å². The van der Waals surface area contributed by atoms with Crippen molar-refractivity contribution in [2.24, 2.45) is 0 Å². The van der Waals surface area contributed by atoms with Crippen LogP contribution in [-0.4, -0.2) is 50.5 Å². The molecule has 1 amide bonds. The summed E-state index contributed by atoms with van der Waals surface area (Å²) >= 11 is 0. The number of methoxy groups -OCH3 is 1. The molecule has 128 valence electrons. The van der Waals surface area contributed by atoms with Crippen LogP contribution in [0.2, 0.25) is 0 Å². The number of likely N-dealkylation sites (tertiary alicyclic amines) is 1. The number of rotatable bonds is 3. The van der Waals surface area contributed by atoms with Crippen molar-refractivity contribution in [3.63, 3.8) is 0 Å². The van der Waals surface area contributed by atoms with E-state index in [0.717, 1.165) is 23.3 Å². The molecule has 1 atom stereocenters. The first-order valence-corrected chi connectivity index (χ1v) is 8.26. The highest BCUT2D eigenvalue weighted by molar-refractivity contribution is 5.93. The third-order valence-corrected chi connectivity index (χ3v) is 4.65. The Balaban J connectivity index is 1.56. The third kappa shape index (κ3) is 2.71. The van der Waals surface area contributed by atoms with E-state index in [9.17, 15) is 4.79 Å². The minimum absolute atomic E-state index is 0.0489.